The molecule has 0 atom stereocenters. The Kier molecular flexibility index (Phi) is 5.06. The maximum Gasteiger partial charge on any atom is 0.223 e. The zero-order valence-electron chi connectivity index (χ0n) is 13.0. The van der Waals surface area contributed by atoms with Gasteiger partial charge in [0.15, 0.2) is 0 Å². The fourth-order valence-corrected chi connectivity index (χ4v) is 2.86. The minimum Gasteiger partial charge on any atom is -0.353 e. The number of nitriles is 1. The number of nitrogens with one attached hydrogen (secondary N) is 2. The van der Waals surface area contributed by atoms with Crippen LogP contribution < -0.4 is 16.4 Å². The van der Waals surface area contributed by atoms with Gasteiger partial charge in [0.2, 0.25) is 5.95 Å². The molecule has 0 bridgehead atoms. The molecule has 0 aliphatic carbocycles. The first-order valence-corrected chi connectivity index (χ1v) is 7.89. The first-order valence-electron chi connectivity index (χ1n) is 7.01. The highest BCUT2D eigenvalue weighted by Crippen LogP contribution is 2.37. The van der Waals surface area contributed by atoms with E-state index in [-0.39, 0.29) is 5.41 Å². The van der Waals surface area contributed by atoms with Crippen molar-refractivity contribution in [3.8, 4) is 6.07 Å². The Morgan fingerprint density at radius 1 is 1.50 bits per heavy atom. The van der Waals surface area contributed by atoms with Crippen LogP contribution in [0.2, 0.25) is 0 Å². The third-order valence-electron chi connectivity index (χ3n) is 3.03. The number of aromatic nitrogens is 2. The molecule has 0 amide bonds. The van der Waals surface area contributed by atoms with Crippen molar-refractivity contribution in [2.24, 2.45) is 11.1 Å². The smallest absolute Gasteiger partial charge is 0.223 e. The fourth-order valence-electron chi connectivity index (χ4n) is 1.78. The summed E-state index contributed by atoms with van der Waals surface area (Å²) in [4.78, 5) is 8.50. The van der Waals surface area contributed by atoms with Crippen LogP contribution in [0.25, 0.3) is 5.57 Å². The van der Waals surface area contributed by atoms with Crippen LogP contribution in [-0.4, -0.2) is 23.1 Å². The zero-order chi connectivity index (χ0) is 16.2. The van der Waals surface area contributed by atoms with Crippen molar-refractivity contribution in [2.75, 3.05) is 18.4 Å². The van der Waals surface area contributed by atoms with Gasteiger partial charge in [-0.3, -0.25) is 0 Å². The van der Waals surface area contributed by atoms with Crippen molar-refractivity contribution in [3.05, 3.63) is 34.1 Å². The molecule has 0 radical (unpaired) electrons. The van der Waals surface area contributed by atoms with Gasteiger partial charge < -0.3 is 16.4 Å². The van der Waals surface area contributed by atoms with Crippen molar-refractivity contribution >= 4 is 23.3 Å². The first kappa shape index (κ1) is 16.3. The van der Waals surface area contributed by atoms with Gasteiger partial charge in [-0.05, 0) is 11.5 Å². The first-order chi connectivity index (χ1) is 10.5. The molecule has 0 fully saturated rings. The largest absolute Gasteiger partial charge is 0.353 e. The molecule has 0 saturated carbocycles. The molecule has 4 N–H and O–H groups in total. The van der Waals surface area contributed by atoms with Crippen molar-refractivity contribution < 1.29 is 0 Å². The van der Waals surface area contributed by atoms with Crippen molar-refractivity contribution in [2.45, 2.75) is 20.8 Å². The highest BCUT2D eigenvalue weighted by molar-refractivity contribution is 8.06. The van der Waals surface area contributed by atoms with Crippen molar-refractivity contribution in [1.29, 1.82) is 5.26 Å². The lowest BCUT2D eigenvalue weighted by atomic mass is 9.93. The maximum atomic E-state index is 9.51. The molecule has 116 valence electrons. The summed E-state index contributed by atoms with van der Waals surface area (Å²) < 4.78 is 0. The summed E-state index contributed by atoms with van der Waals surface area (Å²) in [5, 5.41) is 18.7. The summed E-state index contributed by atoms with van der Waals surface area (Å²) in [6.07, 6.45) is 1.64. The predicted octanol–water partition coefficient (Wildman–Crippen LogP) is 2.26. The average molecular weight is 316 g/mol. The van der Waals surface area contributed by atoms with Crippen LogP contribution in [0, 0.1) is 16.7 Å². The van der Waals surface area contributed by atoms with E-state index in [1.54, 1.807) is 12.3 Å². The van der Waals surface area contributed by atoms with E-state index in [1.165, 1.54) is 11.8 Å². The summed E-state index contributed by atoms with van der Waals surface area (Å²) in [6.45, 7) is 7.46. The summed E-state index contributed by atoms with van der Waals surface area (Å²) in [5.74, 6) is 0.475. The van der Waals surface area contributed by atoms with Crippen LogP contribution in [0.5, 0.6) is 0 Å². The Morgan fingerprint density at radius 2 is 2.27 bits per heavy atom. The van der Waals surface area contributed by atoms with Gasteiger partial charge in [0.05, 0.1) is 10.7 Å². The number of rotatable bonds is 4. The van der Waals surface area contributed by atoms with E-state index in [1.807, 2.05) is 5.41 Å². The highest BCUT2D eigenvalue weighted by atomic mass is 32.2. The van der Waals surface area contributed by atoms with Crippen LogP contribution in [0.1, 0.15) is 26.5 Å². The lowest BCUT2D eigenvalue weighted by Crippen LogP contribution is -2.20. The molecule has 0 unspecified atom stereocenters. The van der Waals surface area contributed by atoms with E-state index < -0.39 is 0 Å². The second-order valence-corrected chi connectivity index (χ2v) is 6.70. The van der Waals surface area contributed by atoms with Gasteiger partial charge in [0, 0.05) is 30.4 Å². The Bertz CT molecular complexity index is 651. The van der Waals surface area contributed by atoms with Gasteiger partial charge in [-0.1, -0.05) is 32.5 Å². The molecule has 1 aromatic heterocycles. The summed E-state index contributed by atoms with van der Waals surface area (Å²) >= 11 is 1.51. The molecule has 1 aromatic rings. The summed E-state index contributed by atoms with van der Waals surface area (Å²) in [5.41, 5.74) is 7.66. The number of hydrogen-bond donors (Lipinski definition) is 3. The summed E-state index contributed by atoms with van der Waals surface area (Å²) in [7, 11) is 0. The van der Waals surface area contributed by atoms with Crippen LogP contribution in [0.15, 0.2) is 28.4 Å². The molecular formula is C15H20N6S. The molecular weight excluding hydrogens is 296 g/mol. The number of nitrogens with zero attached hydrogens (tertiary/aromatic N) is 3. The number of thioether (sulfide) groups is 1. The van der Waals surface area contributed by atoms with E-state index in [4.69, 9.17) is 5.73 Å². The molecule has 7 heteroatoms. The van der Waals surface area contributed by atoms with Gasteiger partial charge in [0.1, 0.15) is 11.6 Å². The van der Waals surface area contributed by atoms with Gasteiger partial charge >= 0.3 is 0 Å². The minimum atomic E-state index is 0.00876. The normalized spacial score (nSPS) is 16.6. The Hall–Kier alpha value is -2.04. The molecule has 0 saturated heterocycles. The minimum absolute atomic E-state index is 0.00876. The number of allylic oxidation sites excluding steroid dienone is 2. The lowest BCUT2D eigenvalue weighted by molar-refractivity contribution is 0.481. The van der Waals surface area contributed by atoms with Crippen LogP contribution in [0.3, 0.4) is 0 Å². The Balaban J connectivity index is 2.27. The second-order valence-electron chi connectivity index (χ2n) is 5.82. The predicted molar refractivity (Wildman–Crippen MR) is 90.4 cm³/mol. The zero-order valence-corrected chi connectivity index (χ0v) is 13.8. The third kappa shape index (κ3) is 3.78. The van der Waals surface area contributed by atoms with Gasteiger partial charge in [-0.25, -0.2) is 9.97 Å². The Morgan fingerprint density at radius 3 is 2.86 bits per heavy atom. The maximum absolute atomic E-state index is 9.51. The Labute approximate surface area is 134 Å². The van der Waals surface area contributed by atoms with E-state index in [2.05, 4.69) is 47.4 Å². The molecule has 6 nitrogen and oxygen atoms in total. The number of anilines is 1. The average Bonchev–Trinajstić information content (AvgIpc) is 2.96. The fraction of sp³-hybridized carbons (Fsp3) is 0.400. The van der Waals surface area contributed by atoms with Gasteiger partial charge in [-0.15, -0.1) is 0 Å². The standard InChI is InChI=1S/C15H20N6S/c1-15(2,3)12-9-22-13(21-12)10(8-17)11-4-6-18-14(20-11)19-7-5-16/h4,6,9,21H,5,7,16H2,1-3H3,(H,18,19,20)/b13-10-. The molecule has 1 aliphatic rings. The SMILES string of the molecule is CC(C)(C)C1=CS/C(=C(/C#N)c2ccnc(NCCN)n2)N1. The van der Waals surface area contributed by atoms with Gasteiger partial charge in [-0.2, -0.15) is 5.26 Å². The lowest BCUT2D eigenvalue weighted by Gasteiger charge is -2.20. The topological polar surface area (TPSA) is 99.7 Å². The van der Waals surface area contributed by atoms with Crippen LogP contribution in [0.4, 0.5) is 5.95 Å². The van der Waals surface area contributed by atoms with Crippen molar-refractivity contribution in [1.82, 2.24) is 15.3 Å². The van der Waals surface area contributed by atoms with E-state index in [0.29, 0.717) is 30.3 Å². The van der Waals surface area contributed by atoms with Crippen LogP contribution in [-0.2, 0) is 0 Å². The van der Waals surface area contributed by atoms with Crippen LogP contribution >= 0.6 is 11.8 Å². The molecule has 0 aromatic carbocycles. The van der Waals surface area contributed by atoms with E-state index in [9.17, 15) is 5.26 Å². The molecule has 22 heavy (non-hydrogen) atoms. The van der Waals surface area contributed by atoms with Gasteiger partial charge in [0.25, 0.3) is 0 Å². The quantitative estimate of drug-likeness (QED) is 0.733. The monoisotopic (exact) mass is 316 g/mol. The van der Waals surface area contributed by atoms with E-state index in [0.717, 1.165) is 10.7 Å². The highest BCUT2D eigenvalue weighted by Gasteiger charge is 2.25. The summed E-state index contributed by atoms with van der Waals surface area (Å²) in [6, 6.07) is 3.97. The van der Waals surface area contributed by atoms with Crippen molar-refractivity contribution in [3.63, 3.8) is 0 Å². The van der Waals surface area contributed by atoms with E-state index >= 15 is 0 Å². The molecule has 2 heterocycles. The molecule has 0 spiro atoms. The third-order valence-corrected chi connectivity index (χ3v) is 3.92. The number of nitrogens with two attached hydrogens (primary N) is 1. The second kappa shape index (κ2) is 6.81. The molecule has 1 aliphatic heterocycles. The number of hydrogen-bond acceptors (Lipinski definition) is 7. The molecule has 2 rings (SSSR count).